The summed E-state index contributed by atoms with van der Waals surface area (Å²) in [6, 6.07) is 18.6. The van der Waals surface area contributed by atoms with E-state index in [1.54, 1.807) is 14.2 Å². The average molecular weight is 484 g/mol. The summed E-state index contributed by atoms with van der Waals surface area (Å²) in [6.07, 6.45) is 2.03. The molecule has 5 rings (SSSR count). The van der Waals surface area contributed by atoms with E-state index in [2.05, 4.69) is 45.9 Å². The predicted octanol–water partition coefficient (Wildman–Crippen LogP) is 4.71. The van der Waals surface area contributed by atoms with Crippen LogP contribution >= 0.6 is 0 Å². The fourth-order valence-corrected chi connectivity index (χ4v) is 5.26. The third-order valence-corrected chi connectivity index (χ3v) is 7.06. The number of aryl methyl sites for hydroxylation is 1. The van der Waals surface area contributed by atoms with Gasteiger partial charge in [-0.25, -0.2) is 0 Å². The van der Waals surface area contributed by atoms with Crippen molar-refractivity contribution in [2.45, 2.75) is 13.2 Å². The number of aromatic nitrogens is 1. The molecule has 4 aromatic carbocycles. The van der Waals surface area contributed by atoms with Gasteiger partial charge in [-0.2, -0.15) is 4.57 Å². The minimum absolute atomic E-state index is 0.113. The lowest BCUT2D eigenvalue weighted by Crippen LogP contribution is -2.29. The van der Waals surface area contributed by atoms with E-state index in [0.717, 1.165) is 60.4 Å². The molecule has 2 N–H and O–H groups in total. The molecule has 0 saturated heterocycles. The summed E-state index contributed by atoms with van der Waals surface area (Å²) in [5.74, 6) is 1.36. The van der Waals surface area contributed by atoms with E-state index in [-0.39, 0.29) is 13.2 Å². The number of aliphatic hydroxyl groups is 2. The fraction of sp³-hybridized carbons (Fsp3) is 0.233. The summed E-state index contributed by atoms with van der Waals surface area (Å²) in [6.45, 7) is -0.247. The molecule has 1 aromatic heterocycles. The molecular weight excluding hydrogens is 452 g/mol. The highest BCUT2D eigenvalue weighted by molar-refractivity contribution is 6.17. The second kappa shape index (κ2) is 9.30. The molecule has 0 saturated carbocycles. The maximum Gasteiger partial charge on any atom is 0.220 e. The van der Waals surface area contributed by atoms with E-state index < -0.39 is 0 Å². The number of pyridine rings is 1. The van der Waals surface area contributed by atoms with Crippen molar-refractivity contribution in [1.29, 1.82) is 0 Å². The van der Waals surface area contributed by atoms with E-state index in [9.17, 15) is 10.2 Å². The molecule has 0 aliphatic heterocycles. The maximum atomic E-state index is 10.1. The summed E-state index contributed by atoms with van der Waals surface area (Å²) in [5.41, 5.74) is 5.68. The van der Waals surface area contributed by atoms with Gasteiger partial charge in [-0.3, -0.25) is 0 Å². The zero-order chi connectivity index (χ0) is 25.6. The van der Waals surface area contributed by atoms with Crippen molar-refractivity contribution in [3.8, 4) is 22.6 Å². The number of nitrogens with zero attached hydrogens (tertiary/aromatic N) is 2. The molecule has 0 unspecified atom stereocenters. The smallest absolute Gasteiger partial charge is 0.220 e. The van der Waals surface area contributed by atoms with Gasteiger partial charge in [-0.1, -0.05) is 30.3 Å². The van der Waals surface area contributed by atoms with E-state index in [1.165, 1.54) is 0 Å². The lowest BCUT2D eigenvalue weighted by Gasteiger charge is -2.18. The predicted molar refractivity (Wildman–Crippen MR) is 145 cm³/mol. The van der Waals surface area contributed by atoms with E-state index in [1.807, 2.05) is 45.5 Å². The largest absolute Gasteiger partial charge is 0.493 e. The standard InChI is InChI=1S/C30H31N2O4/c1-31(2)20-9-6-18(7-10-20)28-22-12-13-23-21-11-8-19(16-33)26(17-34)25(21)15-32(3)29(23)24(22)14-27(35-4)30(28)36-5/h6-15,33-34H,16-17H2,1-5H3/q+1. The second-order valence-electron chi connectivity index (χ2n) is 9.21. The first-order valence-corrected chi connectivity index (χ1v) is 11.9. The molecule has 6 nitrogen and oxygen atoms in total. The van der Waals surface area contributed by atoms with Crippen LogP contribution in [-0.4, -0.2) is 38.5 Å². The topological polar surface area (TPSA) is 66.0 Å². The molecule has 0 radical (unpaired) electrons. The van der Waals surface area contributed by atoms with Gasteiger partial charge in [-0.15, -0.1) is 0 Å². The lowest BCUT2D eigenvalue weighted by molar-refractivity contribution is -0.642. The molecule has 0 spiro atoms. The van der Waals surface area contributed by atoms with Gasteiger partial charge in [0.25, 0.3) is 0 Å². The number of rotatable bonds is 6. The zero-order valence-corrected chi connectivity index (χ0v) is 21.3. The summed E-state index contributed by atoms with van der Waals surface area (Å²) in [5, 5.41) is 25.0. The summed E-state index contributed by atoms with van der Waals surface area (Å²) in [7, 11) is 9.39. The normalized spacial score (nSPS) is 11.4. The highest BCUT2D eigenvalue weighted by atomic mass is 16.5. The van der Waals surface area contributed by atoms with Crippen LogP contribution in [0.1, 0.15) is 11.1 Å². The summed E-state index contributed by atoms with van der Waals surface area (Å²) < 4.78 is 13.8. The van der Waals surface area contributed by atoms with Crippen LogP contribution in [0.25, 0.3) is 43.6 Å². The van der Waals surface area contributed by atoms with Crippen molar-refractivity contribution in [2.75, 3.05) is 33.2 Å². The van der Waals surface area contributed by atoms with Crippen LogP contribution < -0.4 is 18.9 Å². The van der Waals surface area contributed by atoms with Crippen LogP contribution in [0.15, 0.2) is 60.8 Å². The molecule has 0 bridgehead atoms. The number of fused-ring (bicyclic) bond motifs is 5. The monoisotopic (exact) mass is 483 g/mol. The van der Waals surface area contributed by atoms with Gasteiger partial charge in [0.2, 0.25) is 5.52 Å². The molecule has 184 valence electrons. The van der Waals surface area contributed by atoms with Crippen LogP contribution in [0.5, 0.6) is 11.5 Å². The van der Waals surface area contributed by atoms with Crippen molar-refractivity contribution in [3.05, 3.63) is 71.9 Å². The molecule has 0 aliphatic rings. The zero-order valence-electron chi connectivity index (χ0n) is 21.3. The van der Waals surface area contributed by atoms with Gasteiger partial charge < -0.3 is 24.6 Å². The van der Waals surface area contributed by atoms with Gasteiger partial charge in [0.1, 0.15) is 7.05 Å². The Morgan fingerprint density at radius 2 is 1.47 bits per heavy atom. The Labute approximate surface area is 210 Å². The van der Waals surface area contributed by atoms with E-state index in [0.29, 0.717) is 11.5 Å². The Balaban J connectivity index is 1.91. The number of ether oxygens (including phenoxy) is 2. The van der Waals surface area contributed by atoms with Gasteiger partial charge in [0, 0.05) is 36.1 Å². The molecule has 1 heterocycles. The first kappa shape index (κ1) is 23.9. The average Bonchev–Trinajstić information content (AvgIpc) is 2.90. The van der Waals surface area contributed by atoms with Crippen LogP contribution in [0.4, 0.5) is 5.69 Å². The maximum absolute atomic E-state index is 10.1. The van der Waals surface area contributed by atoms with Gasteiger partial charge >= 0.3 is 0 Å². The Kier molecular flexibility index (Phi) is 6.16. The Hall–Kier alpha value is -3.87. The second-order valence-corrected chi connectivity index (χ2v) is 9.21. The third-order valence-electron chi connectivity index (χ3n) is 7.06. The SMILES string of the molecule is COc1cc2c(ccc3c4ccc(CO)c(CO)c4c[n+](C)c23)c(-c2ccc(N(C)C)cc2)c1OC. The number of methoxy groups -OCH3 is 2. The fourth-order valence-electron chi connectivity index (χ4n) is 5.26. The molecule has 6 heteroatoms. The number of aliphatic hydroxyl groups excluding tert-OH is 2. The summed E-state index contributed by atoms with van der Waals surface area (Å²) in [4.78, 5) is 2.08. The Bertz CT molecular complexity index is 1610. The quantitative estimate of drug-likeness (QED) is 0.271. The van der Waals surface area contributed by atoms with Gasteiger partial charge in [0.15, 0.2) is 17.7 Å². The van der Waals surface area contributed by atoms with Crippen molar-refractivity contribution < 1.29 is 24.3 Å². The molecule has 5 aromatic rings. The van der Waals surface area contributed by atoms with Crippen LogP contribution in [0, 0.1) is 0 Å². The third kappa shape index (κ3) is 3.61. The summed E-state index contributed by atoms with van der Waals surface area (Å²) >= 11 is 0. The van der Waals surface area contributed by atoms with Gasteiger partial charge in [-0.05, 0) is 41.0 Å². The number of hydrogen-bond acceptors (Lipinski definition) is 5. The van der Waals surface area contributed by atoms with Crippen LogP contribution in [0.2, 0.25) is 0 Å². The highest BCUT2D eigenvalue weighted by Crippen LogP contribution is 2.46. The molecule has 36 heavy (non-hydrogen) atoms. The van der Waals surface area contributed by atoms with Crippen molar-refractivity contribution in [2.24, 2.45) is 7.05 Å². The van der Waals surface area contributed by atoms with Crippen molar-refractivity contribution in [3.63, 3.8) is 0 Å². The molecule has 0 amide bonds. The highest BCUT2D eigenvalue weighted by Gasteiger charge is 2.23. The van der Waals surface area contributed by atoms with Crippen LogP contribution in [0.3, 0.4) is 0 Å². The minimum Gasteiger partial charge on any atom is -0.493 e. The number of benzene rings is 4. The van der Waals surface area contributed by atoms with Gasteiger partial charge in [0.05, 0.1) is 43.6 Å². The van der Waals surface area contributed by atoms with E-state index >= 15 is 0 Å². The van der Waals surface area contributed by atoms with Crippen molar-refractivity contribution >= 4 is 38.1 Å². The Morgan fingerprint density at radius 3 is 2.08 bits per heavy atom. The first-order chi connectivity index (χ1) is 17.4. The molecule has 0 fully saturated rings. The number of anilines is 1. The van der Waals surface area contributed by atoms with E-state index in [4.69, 9.17) is 9.47 Å². The first-order valence-electron chi connectivity index (χ1n) is 11.9. The number of hydrogen-bond donors (Lipinski definition) is 2. The molecule has 0 aliphatic carbocycles. The van der Waals surface area contributed by atoms with Crippen LogP contribution in [-0.2, 0) is 20.3 Å². The Morgan fingerprint density at radius 1 is 0.778 bits per heavy atom. The molecular formula is C30H31N2O4+. The van der Waals surface area contributed by atoms with Crippen molar-refractivity contribution in [1.82, 2.24) is 0 Å². The molecule has 0 atom stereocenters. The minimum atomic E-state index is -0.134. The lowest BCUT2D eigenvalue weighted by atomic mass is 9.92.